The van der Waals surface area contributed by atoms with Gasteiger partial charge in [0.2, 0.25) is 5.89 Å². The highest BCUT2D eigenvalue weighted by Crippen LogP contribution is 2.18. The van der Waals surface area contributed by atoms with Gasteiger partial charge in [0.25, 0.3) is 0 Å². The van der Waals surface area contributed by atoms with Crippen molar-refractivity contribution in [2.45, 2.75) is 51.0 Å². The Morgan fingerprint density at radius 3 is 2.94 bits per heavy atom. The summed E-state index contributed by atoms with van der Waals surface area (Å²) < 4.78 is 5.05. The smallest absolute Gasteiger partial charge is 0.227 e. The molecule has 0 aromatic carbocycles. The second-order valence-corrected chi connectivity index (χ2v) is 5.26. The van der Waals surface area contributed by atoms with Crippen LogP contribution in [0.1, 0.15) is 45.3 Å². The lowest BCUT2D eigenvalue weighted by Gasteiger charge is -2.04. The number of ketones is 1. The SMILES string of the molecule is CCC(C)SCc1noc(CCC(C)=O)n1. The van der Waals surface area contributed by atoms with Gasteiger partial charge in [-0.05, 0) is 13.3 Å². The van der Waals surface area contributed by atoms with Gasteiger partial charge >= 0.3 is 0 Å². The summed E-state index contributed by atoms with van der Waals surface area (Å²) in [5.74, 6) is 2.21. The molecule has 0 fully saturated rings. The Labute approximate surface area is 100 Å². The molecular weight excluding hydrogens is 224 g/mol. The monoisotopic (exact) mass is 242 g/mol. The molecule has 1 atom stereocenters. The van der Waals surface area contributed by atoms with Crippen molar-refractivity contribution < 1.29 is 9.32 Å². The van der Waals surface area contributed by atoms with E-state index in [1.807, 2.05) is 11.8 Å². The molecule has 0 aliphatic rings. The number of carbonyl (C=O) groups is 1. The Bertz CT molecular complexity index is 338. The molecule has 0 saturated carbocycles. The van der Waals surface area contributed by atoms with Gasteiger partial charge in [-0.2, -0.15) is 16.7 Å². The zero-order valence-electron chi connectivity index (χ0n) is 10.0. The van der Waals surface area contributed by atoms with Crippen LogP contribution in [0.2, 0.25) is 0 Å². The van der Waals surface area contributed by atoms with Gasteiger partial charge in [0, 0.05) is 18.1 Å². The molecule has 0 amide bonds. The minimum absolute atomic E-state index is 0.147. The third-order valence-corrected chi connectivity index (χ3v) is 3.60. The highest BCUT2D eigenvalue weighted by Gasteiger charge is 2.08. The summed E-state index contributed by atoms with van der Waals surface area (Å²) in [7, 11) is 0. The van der Waals surface area contributed by atoms with Gasteiger partial charge in [-0.3, -0.25) is 0 Å². The van der Waals surface area contributed by atoms with Gasteiger partial charge in [-0.25, -0.2) is 0 Å². The third-order valence-electron chi connectivity index (χ3n) is 2.27. The molecule has 0 spiro atoms. The Morgan fingerprint density at radius 1 is 1.56 bits per heavy atom. The number of hydrogen-bond donors (Lipinski definition) is 0. The van der Waals surface area contributed by atoms with E-state index in [1.54, 1.807) is 6.92 Å². The summed E-state index contributed by atoms with van der Waals surface area (Å²) in [6.45, 7) is 5.91. The molecule has 4 nitrogen and oxygen atoms in total. The van der Waals surface area contributed by atoms with E-state index < -0.39 is 0 Å². The van der Waals surface area contributed by atoms with Crippen molar-refractivity contribution in [1.82, 2.24) is 10.1 Å². The topological polar surface area (TPSA) is 56.0 Å². The predicted molar refractivity (Wildman–Crippen MR) is 64.3 cm³/mol. The molecule has 0 aliphatic carbocycles. The highest BCUT2D eigenvalue weighted by molar-refractivity contribution is 7.99. The lowest BCUT2D eigenvalue weighted by Crippen LogP contribution is -1.96. The van der Waals surface area contributed by atoms with Crippen LogP contribution < -0.4 is 0 Å². The average Bonchev–Trinajstić information content (AvgIpc) is 2.71. The molecule has 1 rings (SSSR count). The first-order valence-corrected chi connectivity index (χ1v) is 6.59. The fraction of sp³-hybridized carbons (Fsp3) is 0.727. The van der Waals surface area contributed by atoms with Crippen molar-refractivity contribution in [2.75, 3.05) is 0 Å². The Kier molecular flexibility index (Phi) is 5.52. The molecule has 0 saturated heterocycles. The van der Waals surface area contributed by atoms with Crippen molar-refractivity contribution in [3.8, 4) is 0 Å². The van der Waals surface area contributed by atoms with Crippen LogP contribution in [-0.2, 0) is 17.0 Å². The van der Waals surface area contributed by atoms with Crippen molar-refractivity contribution >= 4 is 17.5 Å². The largest absolute Gasteiger partial charge is 0.339 e. The van der Waals surface area contributed by atoms with Gasteiger partial charge in [0.15, 0.2) is 5.82 Å². The quantitative estimate of drug-likeness (QED) is 0.735. The van der Waals surface area contributed by atoms with E-state index in [9.17, 15) is 4.79 Å². The molecule has 1 heterocycles. The second kappa shape index (κ2) is 6.68. The van der Waals surface area contributed by atoms with Crippen LogP contribution in [0, 0.1) is 0 Å². The van der Waals surface area contributed by atoms with Crippen molar-refractivity contribution in [1.29, 1.82) is 0 Å². The minimum atomic E-state index is 0.147. The first-order valence-electron chi connectivity index (χ1n) is 5.54. The fourth-order valence-corrected chi connectivity index (χ4v) is 1.85. The van der Waals surface area contributed by atoms with Gasteiger partial charge in [0.05, 0.1) is 5.75 Å². The van der Waals surface area contributed by atoms with Crippen molar-refractivity contribution in [2.24, 2.45) is 0 Å². The van der Waals surface area contributed by atoms with E-state index >= 15 is 0 Å². The first kappa shape index (κ1) is 13.2. The lowest BCUT2D eigenvalue weighted by molar-refractivity contribution is -0.117. The maximum absolute atomic E-state index is 10.8. The van der Waals surface area contributed by atoms with Crippen LogP contribution >= 0.6 is 11.8 Å². The summed E-state index contributed by atoms with van der Waals surface area (Å²) in [5, 5.41) is 4.49. The number of rotatable bonds is 7. The summed E-state index contributed by atoms with van der Waals surface area (Å²) in [6, 6.07) is 0. The standard InChI is InChI=1S/C11H18N2O2S/c1-4-9(3)16-7-10-12-11(15-13-10)6-5-8(2)14/h9H,4-7H2,1-3H3. The lowest BCUT2D eigenvalue weighted by atomic mass is 10.2. The van der Waals surface area contributed by atoms with E-state index in [0.29, 0.717) is 24.0 Å². The number of carbonyl (C=O) groups excluding carboxylic acids is 1. The molecule has 90 valence electrons. The second-order valence-electron chi connectivity index (χ2n) is 3.84. The van der Waals surface area contributed by atoms with Gasteiger partial charge in [-0.1, -0.05) is 19.0 Å². The summed E-state index contributed by atoms with van der Waals surface area (Å²) >= 11 is 1.82. The number of Topliss-reactive ketones (excluding diaryl/α,β-unsaturated/α-hetero) is 1. The van der Waals surface area contributed by atoms with E-state index in [0.717, 1.165) is 18.0 Å². The van der Waals surface area contributed by atoms with E-state index in [2.05, 4.69) is 24.0 Å². The molecule has 16 heavy (non-hydrogen) atoms. The highest BCUT2D eigenvalue weighted by atomic mass is 32.2. The van der Waals surface area contributed by atoms with Crippen LogP contribution in [0.4, 0.5) is 0 Å². The molecule has 1 unspecified atom stereocenters. The zero-order chi connectivity index (χ0) is 12.0. The van der Waals surface area contributed by atoms with E-state index in [-0.39, 0.29) is 5.78 Å². The van der Waals surface area contributed by atoms with Gasteiger partial charge in [-0.15, -0.1) is 0 Å². The first-order chi connectivity index (χ1) is 7.61. The Morgan fingerprint density at radius 2 is 2.31 bits per heavy atom. The molecule has 0 bridgehead atoms. The maximum Gasteiger partial charge on any atom is 0.227 e. The van der Waals surface area contributed by atoms with Crippen LogP contribution in [-0.4, -0.2) is 21.2 Å². The molecule has 1 aromatic heterocycles. The summed E-state index contributed by atoms with van der Waals surface area (Å²) in [6.07, 6.45) is 2.16. The van der Waals surface area contributed by atoms with Crippen LogP contribution in [0.15, 0.2) is 4.52 Å². The predicted octanol–water partition coefficient (Wildman–Crippen LogP) is 2.62. The molecule has 0 N–H and O–H groups in total. The number of thioether (sulfide) groups is 1. The molecule has 0 aliphatic heterocycles. The minimum Gasteiger partial charge on any atom is -0.339 e. The molecule has 0 radical (unpaired) electrons. The molecular formula is C11H18N2O2S. The fourth-order valence-electron chi connectivity index (χ4n) is 1.07. The van der Waals surface area contributed by atoms with Crippen LogP contribution in [0.3, 0.4) is 0 Å². The molecule has 5 heteroatoms. The van der Waals surface area contributed by atoms with Crippen molar-refractivity contribution in [3.63, 3.8) is 0 Å². The van der Waals surface area contributed by atoms with Crippen LogP contribution in [0.5, 0.6) is 0 Å². The number of nitrogens with zero attached hydrogens (tertiary/aromatic N) is 2. The van der Waals surface area contributed by atoms with Gasteiger partial charge < -0.3 is 9.32 Å². The molecule has 1 aromatic rings. The van der Waals surface area contributed by atoms with Gasteiger partial charge in [0.1, 0.15) is 5.78 Å². The average molecular weight is 242 g/mol. The van der Waals surface area contributed by atoms with Crippen molar-refractivity contribution in [3.05, 3.63) is 11.7 Å². The van der Waals surface area contributed by atoms with E-state index in [4.69, 9.17) is 4.52 Å². The zero-order valence-corrected chi connectivity index (χ0v) is 10.8. The Balaban J connectivity index is 2.36. The Hall–Kier alpha value is -0.840. The summed E-state index contributed by atoms with van der Waals surface area (Å²) in [4.78, 5) is 15.0. The summed E-state index contributed by atoms with van der Waals surface area (Å²) in [5.41, 5.74) is 0. The van der Waals surface area contributed by atoms with E-state index in [1.165, 1.54) is 0 Å². The number of aryl methyl sites for hydroxylation is 1. The third kappa shape index (κ3) is 4.79. The normalized spacial score (nSPS) is 12.7. The van der Waals surface area contributed by atoms with Crippen LogP contribution in [0.25, 0.3) is 0 Å². The number of hydrogen-bond acceptors (Lipinski definition) is 5. The number of aromatic nitrogens is 2. The maximum atomic E-state index is 10.8.